The molecule has 1 aliphatic rings. The smallest absolute Gasteiger partial charge is 0.410 e. The molecule has 148 valence electrons. The first-order valence-electron chi connectivity index (χ1n) is 9.04. The van der Waals surface area contributed by atoms with Crippen LogP contribution in [-0.4, -0.2) is 63.6 Å². The third-order valence-corrected chi connectivity index (χ3v) is 4.20. The van der Waals surface area contributed by atoms with E-state index < -0.39 is 11.5 Å². The first kappa shape index (κ1) is 19.5. The quantitative estimate of drug-likeness (QED) is 0.856. The minimum atomic E-state index is -0.517. The molecule has 0 unspecified atom stereocenters. The van der Waals surface area contributed by atoms with Crippen molar-refractivity contribution in [2.24, 2.45) is 5.73 Å². The standard InChI is InChI=1S/C19H24N6O3/c1-19(2,3)28-18(27)25-8-6-24(7-9-25)17-22-11-14(12-23-17)15-5-4-13(10-21-15)16(20)26/h4-5,10-12H,6-9H2,1-3H3,(H2,20,26). The predicted molar refractivity (Wildman–Crippen MR) is 104 cm³/mol. The fraction of sp³-hybridized carbons (Fsp3) is 0.421. The predicted octanol–water partition coefficient (Wildman–Crippen LogP) is 1.69. The van der Waals surface area contributed by atoms with E-state index in [9.17, 15) is 9.59 Å². The Bertz CT molecular complexity index is 837. The zero-order valence-corrected chi connectivity index (χ0v) is 16.3. The normalized spacial score (nSPS) is 14.7. The Morgan fingerprint density at radius 1 is 1.00 bits per heavy atom. The van der Waals surface area contributed by atoms with Gasteiger partial charge in [-0.05, 0) is 32.9 Å². The van der Waals surface area contributed by atoms with E-state index in [0.717, 1.165) is 5.56 Å². The third kappa shape index (κ3) is 4.73. The van der Waals surface area contributed by atoms with Crippen LogP contribution in [0.25, 0.3) is 11.3 Å². The molecule has 2 N–H and O–H groups in total. The van der Waals surface area contributed by atoms with Gasteiger partial charge in [0.1, 0.15) is 5.60 Å². The van der Waals surface area contributed by atoms with Crippen LogP contribution in [0.2, 0.25) is 0 Å². The highest BCUT2D eigenvalue weighted by atomic mass is 16.6. The van der Waals surface area contributed by atoms with Gasteiger partial charge in [0.25, 0.3) is 0 Å². The summed E-state index contributed by atoms with van der Waals surface area (Å²) in [6, 6.07) is 3.33. The van der Waals surface area contributed by atoms with Gasteiger partial charge in [0.15, 0.2) is 0 Å². The molecule has 2 aromatic heterocycles. The van der Waals surface area contributed by atoms with Crippen molar-refractivity contribution in [2.75, 3.05) is 31.1 Å². The summed E-state index contributed by atoms with van der Waals surface area (Å²) < 4.78 is 5.41. The number of primary amides is 1. The number of hydrogen-bond acceptors (Lipinski definition) is 7. The number of hydrogen-bond donors (Lipinski definition) is 1. The molecule has 2 amide bonds. The van der Waals surface area contributed by atoms with Crippen LogP contribution in [0.15, 0.2) is 30.7 Å². The molecule has 0 saturated carbocycles. The summed E-state index contributed by atoms with van der Waals surface area (Å²) >= 11 is 0. The van der Waals surface area contributed by atoms with E-state index >= 15 is 0 Å². The van der Waals surface area contributed by atoms with E-state index in [1.54, 1.807) is 29.4 Å². The van der Waals surface area contributed by atoms with Crippen LogP contribution in [-0.2, 0) is 4.74 Å². The SMILES string of the molecule is CC(C)(C)OC(=O)N1CCN(c2ncc(-c3ccc(C(N)=O)cn3)cn2)CC1. The van der Waals surface area contributed by atoms with Gasteiger partial charge in [0.05, 0.1) is 11.3 Å². The lowest BCUT2D eigenvalue weighted by molar-refractivity contribution is 0.0240. The van der Waals surface area contributed by atoms with Crippen LogP contribution >= 0.6 is 0 Å². The van der Waals surface area contributed by atoms with Gasteiger partial charge in [-0.1, -0.05) is 0 Å². The number of nitrogens with two attached hydrogens (primary N) is 1. The Hall–Kier alpha value is -3.23. The van der Waals surface area contributed by atoms with Gasteiger partial charge in [-0.15, -0.1) is 0 Å². The minimum Gasteiger partial charge on any atom is -0.444 e. The zero-order valence-electron chi connectivity index (χ0n) is 16.3. The van der Waals surface area contributed by atoms with E-state index in [2.05, 4.69) is 15.0 Å². The van der Waals surface area contributed by atoms with Crippen molar-refractivity contribution in [3.8, 4) is 11.3 Å². The lowest BCUT2D eigenvalue weighted by atomic mass is 10.2. The number of piperazine rings is 1. The summed E-state index contributed by atoms with van der Waals surface area (Å²) in [7, 11) is 0. The Morgan fingerprint density at radius 2 is 1.64 bits per heavy atom. The van der Waals surface area contributed by atoms with Crippen molar-refractivity contribution in [1.29, 1.82) is 0 Å². The molecule has 3 heterocycles. The number of aromatic nitrogens is 3. The fourth-order valence-electron chi connectivity index (χ4n) is 2.74. The zero-order chi connectivity index (χ0) is 20.3. The Kier molecular flexibility index (Phi) is 5.43. The van der Waals surface area contributed by atoms with Crippen LogP contribution in [0.4, 0.5) is 10.7 Å². The lowest BCUT2D eigenvalue weighted by Gasteiger charge is -2.35. The maximum atomic E-state index is 12.1. The van der Waals surface area contributed by atoms with Crippen molar-refractivity contribution < 1.29 is 14.3 Å². The summed E-state index contributed by atoms with van der Waals surface area (Å²) in [6.45, 7) is 7.92. The molecular weight excluding hydrogens is 360 g/mol. The van der Waals surface area contributed by atoms with Crippen LogP contribution in [0.3, 0.4) is 0 Å². The van der Waals surface area contributed by atoms with E-state index in [1.807, 2.05) is 25.7 Å². The summed E-state index contributed by atoms with van der Waals surface area (Å²) in [6.07, 6.45) is 4.51. The number of carbonyl (C=O) groups is 2. The molecule has 0 bridgehead atoms. The van der Waals surface area contributed by atoms with Gasteiger partial charge in [0.2, 0.25) is 11.9 Å². The van der Waals surface area contributed by atoms with E-state index in [4.69, 9.17) is 10.5 Å². The maximum absolute atomic E-state index is 12.1. The van der Waals surface area contributed by atoms with Crippen LogP contribution in [0.1, 0.15) is 31.1 Å². The molecule has 1 saturated heterocycles. The molecule has 0 radical (unpaired) electrons. The highest BCUT2D eigenvalue weighted by Crippen LogP contribution is 2.18. The van der Waals surface area contributed by atoms with Crippen molar-refractivity contribution >= 4 is 17.9 Å². The maximum Gasteiger partial charge on any atom is 0.410 e. The second-order valence-corrected chi connectivity index (χ2v) is 7.52. The van der Waals surface area contributed by atoms with Gasteiger partial charge in [-0.3, -0.25) is 9.78 Å². The second-order valence-electron chi connectivity index (χ2n) is 7.52. The molecule has 1 aliphatic heterocycles. The molecule has 1 fully saturated rings. The average molecular weight is 384 g/mol. The summed E-state index contributed by atoms with van der Waals surface area (Å²) in [5, 5.41) is 0. The molecule has 0 spiro atoms. The highest BCUT2D eigenvalue weighted by Gasteiger charge is 2.26. The Balaban J connectivity index is 1.60. The van der Waals surface area contributed by atoms with Crippen molar-refractivity contribution in [2.45, 2.75) is 26.4 Å². The fourth-order valence-corrected chi connectivity index (χ4v) is 2.74. The minimum absolute atomic E-state index is 0.297. The largest absolute Gasteiger partial charge is 0.444 e. The molecule has 0 atom stereocenters. The number of ether oxygens (including phenoxy) is 1. The van der Waals surface area contributed by atoms with Crippen molar-refractivity contribution in [3.63, 3.8) is 0 Å². The van der Waals surface area contributed by atoms with Gasteiger partial charge < -0.3 is 20.3 Å². The monoisotopic (exact) mass is 384 g/mol. The first-order chi connectivity index (χ1) is 13.2. The number of anilines is 1. The van der Waals surface area contributed by atoms with Crippen LogP contribution in [0, 0.1) is 0 Å². The summed E-state index contributed by atoms with van der Waals surface area (Å²) in [4.78, 5) is 40.0. The van der Waals surface area contributed by atoms with Crippen LogP contribution in [0.5, 0.6) is 0 Å². The molecule has 0 aromatic carbocycles. The highest BCUT2D eigenvalue weighted by molar-refractivity contribution is 5.92. The van der Waals surface area contributed by atoms with Gasteiger partial charge >= 0.3 is 6.09 Å². The summed E-state index contributed by atoms with van der Waals surface area (Å²) in [5.74, 6) is 0.0810. The topological polar surface area (TPSA) is 115 Å². The van der Waals surface area contributed by atoms with Crippen molar-refractivity contribution in [1.82, 2.24) is 19.9 Å². The molecule has 0 aliphatic carbocycles. The lowest BCUT2D eigenvalue weighted by Crippen LogP contribution is -2.50. The molecule has 3 rings (SSSR count). The van der Waals surface area contributed by atoms with E-state index in [1.165, 1.54) is 6.20 Å². The van der Waals surface area contributed by atoms with Crippen molar-refractivity contribution in [3.05, 3.63) is 36.3 Å². The third-order valence-electron chi connectivity index (χ3n) is 4.20. The van der Waals surface area contributed by atoms with Gasteiger partial charge in [0, 0.05) is 50.3 Å². The van der Waals surface area contributed by atoms with E-state index in [-0.39, 0.29) is 6.09 Å². The average Bonchev–Trinajstić information content (AvgIpc) is 2.67. The van der Waals surface area contributed by atoms with E-state index in [0.29, 0.717) is 43.4 Å². The number of rotatable bonds is 3. The van der Waals surface area contributed by atoms with Gasteiger partial charge in [-0.2, -0.15) is 0 Å². The Morgan fingerprint density at radius 3 is 2.14 bits per heavy atom. The molecule has 9 nitrogen and oxygen atoms in total. The molecule has 9 heteroatoms. The van der Waals surface area contributed by atoms with Gasteiger partial charge in [-0.25, -0.2) is 14.8 Å². The number of amides is 2. The number of carbonyl (C=O) groups excluding carboxylic acids is 2. The molecule has 28 heavy (non-hydrogen) atoms. The molecular formula is C19H24N6O3. The van der Waals surface area contributed by atoms with Crippen LogP contribution < -0.4 is 10.6 Å². The first-order valence-corrected chi connectivity index (χ1v) is 9.04. The Labute approximate surface area is 163 Å². The number of nitrogens with zero attached hydrogens (tertiary/aromatic N) is 5. The molecule has 2 aromatic rings. The number of pyridine rings is 1. The second kappa shape index (κ2) is 7.79. The summed E-state index contributed by atoms with van der Waals surface area (Å²) in [5.41, 5.74) is 6.47.